The van der Waals surface area contributed by atoms with Crippen molar-refractivity contribution in [2.45, 2.75) is 95.0 Å². The van der Waals surface area contributed by atoms with Crippen molar-refractivity contribution in [1.29, 1.82) is 0 Å². The molecule has 1 fully saturated rings. The number of nitrogens with one attached hydrogen (secondary N) is 1. The van der Waals surface area contributed by atoms with Gasteiger partial charge in [0.15, 0.2) is 0 Å². The molecule has 1 heterocycles. The maximum absolute atomic E-state index is 12.1. The molecule has 170 valence electrons. The topological polar surface area (TPSA) is 166 Å². The Morgan fingerprint density at radius 2 is 1.86 bits per heavy atom. The maximum Gasteiger partial charge on any atom is 0.364 e. The van der Waals surface area contributed by atoms with Crippen LogP contribution in [0.5, 0.6) is 0 Å². The van der Waals surface area contributed by atoms with Crippen LogP contribution in [0.2, 0.25) is 0 Å². The molecule has 0 spiro atoms. The smallest absolute Gasteiger partial charge is 0.364 e. The largest absolute Gasteiger partial charge is 0.477 e. The number of carboxylic acid groups (broad SMARTS) is 1. The summed E-state index contributed by atoms with van der Waals surface area (Å²) in [6, 6.07) is -1.22. The van der Waals surface area contributed by atoms with Crippen LogP contribution in [0.25, 0.3) is 0 Å². The number of aliphatic hydroxyl groups is 4. The Balaban J connectivity index is 3.51. The van der Waals surface area contributed by atoms with Gasteiger partial charge < -0.3 is 40.3 Å². The van der Waals surface area contributed by atoms with Crippen LogP contribution in [0.3, 0.4) is 0 Å². The second kappa shape index (κ2) is 11.2. The molecule has 1 saturated heterocycles. The Hall–Kier alpha value is -1.30. The van der Waals surface area contributed by atoms with Crippen LogP contribution >= 0.6 is 0 Å². The van der Waals surface area contributed by atoms with Gasteiger partial charge in [-0.15, -0.1) is 0 Å². The van der Waals surface area contributed by atoms with E-state index in [2.05, 4.69) is 5.32 Å². The number of carbonyl (C=O) groups is 2. The molecule has 29 heavy (non-hydrogen) atoms. The van der Waals surface area contributed by atoms with Crippen molar-refractivity contribution in [3.63, 3.8) is 0 Å². The van der Waals surface area contributed by atoms with Crippen LogP contribution in [0.4, 0.5) is 0 Å². The Morgan fingerprint density at radius 1 is 1.24 bits per heavy atom. The summed E-state index contributed by atoms with van der Waals surface area (Å²) in [5.41, 5.74) is -1.90. The van der Waals surface area contributed by atoms with Gasteiger partial charge in [0.1, 0.15) is 17.8 Å². The molecule has 1 aliphatic heterocycles. The molecule has 0 aromatic heterocycles. The van der Waals surface area contributed by atoms with Crippen LogP contribution in [0.1, 0.15) is 59.3 Å². The van der Waals surface area contributed by atoms with Gasteiger partial charge in [-0.2, -0.15) is 0 Å². The highest BCUT2D eigenvalue weighted by atomic mass is 16.7. The number of carboxylic acids is 1. The standard InChI is InChI=1S/C19H35NO9/c1-4-6-8-18(16(25)14(24)11-21)15(20-12(3)22)13(23)10-19(29-18,17(26)27)28-9-7-5-2/h13-16,21,23-25H,4-11H2,1-3H3,(H,20,22)(H,26,27)/t13-,14+,15+,16+,18+,19-/m0/s1. The van der Waals surface area contributed by atoms with Gasteiger partial charge >= 0.3 is 5.97 Å². The summed E-state index contributed by atoms with van der Waals surface area (Å²) in [7, 11) is 0. The highest BCUT2D eigenvalue weighted by Crippen LogP contribution is 2.43. The van der Waals surface area contributed by atoms with Crippen molar-refractivity contribution in [3.05, 3.63) is 0 Å². The van der Waals surface area contributed by atoms with Crippen LogP contribution in [-0.4, -0.2) is 86.4 Å². The highest BCUT2D eigenvalue weighted by molar-refractivity contribution is 5.77. The van der Waals surface area contributed by atoms with Gasteiger partial charge in [-0.05, 0) is 12.8 Å². The monoisotopic (exact) mass is 421 g/mol. The number of aliphatic carboxylic acids is 1. The summed E-state index contributed by atoms with van der Waals surface area (Å²) in [6.07, 6.45) is -3.04. The van der Waals surface area contributed by atoms with E-state index in [1.165, 1.54) is 6.92 Å². The van der Waals surface area contributed by atoms with E-state index in [1.54, 1.807) is 0 Å². The van der Waals surface area contributed by atoms with Crippen molar-refractivity contribution >= 4 is 11.9 Å². The quantitative estimate of drug-likeness (QED) is 0.228. The van der Waals surface area contributed by atoms with Gasteiger partial charge in [0, 0.05) is 13.3 Å². The van der Waals surface area contributed by atoms with Gasteiger partial charge in [-0.1, -0.05) is 33.1 Å². The van der Waals surface area contributed by atoms with Gasteiger partial charge in [-0.3, -0.25) is 4.79 Å². The number of carbonyl (C=O) groups excluding carboxylic acids is 1. The number of unbranched alkanes of at least 4 members (excludes halogenated alkanes) is 2. The van der Waals surface area contributed by atoms with Gasteiger partial charge in [-0.25, -0.2) is 4.79 Å². The van der Waals surface area contributed by atoms with Crippen molar-refractivity contribution < 1.29 is 44.6 Å². The average Bonchev–Trinajstić information content (AvgIpc) is 2.67. The first-order valence-corrected chi connectivity index (χ1v) is 10.1. The van der Waals surface area contributed by atoms with E-state index in [-0.39, 0.29) is 13.0 Å². The van der Waals surface area contributed by atoms with Gasteiger partial charge in [0.25, 0.3) is 5.79 Å². The number of rotatable bonds is 12. The Kier molecular flexibility index (Phi) is 9.93. The minimum absolute atomic E-state index is 0.00982. The first-order valence-electron chi connectivity index (χ1n) is 10.1. The summed E-state index contributed by atoms with van der Waals surface area (Å²) in [4.78, 5) is 23.9. The summed E-state index contributed by atoms with van der Waals surface area (Å²) in [5.74, 6) is -4.28. The normalized spacial score (nSPS) is 31.8. The lowest BCUT2D eigenvalue weighted by molar-refractivity contribution is -0.349. The van der Waals surface area contributed by atoms with E-state index in [0.717, 1.165) is 6.42 Å². The molecule has 1 amide bonds. The average molecular weight is 421 g/mol. The van der Waals surface area contributed by atoms with Crippen molar-refractivity contribution in [1.82, 2.24) is 5.32 Å². The van der Waals surface area contributed by atoms with Crippen molar-refractivity contribution in [2.75, 3.05) is 13.2 Å². The third-order valence-corrected chi connectivity index (χ3v) is 5.23. The SMILES string of the molecule is CCCCO[C@@]1(C(=O)O)C[C@H](O)[C@@H](NC(C)=O)[C@](CCCC)([C@H](O)[C@H](O)CO)O1. The molecule has 10 nitrogen and oxygen atoms in total. The Bertz CT molecular complexity index is 546. The molecule has 0 unspecified atom stereocenters. The molecule has 0 aliphatic carbocycles. The third kappa shape index (κ3) is 5.87. The molecule has 0 saturated carbocycles. The van der Waals surface area contributed by atoms with Crippen LogP contribution in [0.15, 0.2) is 0 Å². The predicted octanol–water partition coefficient (Wildman–Crippen LogP) is -0.487. The molecule has 10 heteroatoms. The van der Waals surface area contributed by atoms with Crippen LogP contribution in [0, 0.1) is 0 Å². The van der Waals surface area contributed by atoms with E-state index < -0.39 is 60.6 Å². The van der Waals surface area contributed by atoms with Crippen LogP contribution in [-0.2, 0) is 19.1 Å². The summed E-state index contributed by atoms with van der Waals surface area (Å²) < 4.78 is 11.5. The lowest BCUT2D eigenvalue weighted by Crippen LogP contribution is -2.75. The zero-order valence-corrected chi connectivity index (χ0v) is 17.3. The Morgan fingerprint density at radius 3 is 2.34 bits per heavy atom. The van der Waals surface area contributed by atoms with Crippen molar-refractivity contribution in [2.24, 2.45) is 0 Å². The fourth-order valence-electron chi connectivity index (χ4n) is 3.71. The second-order valence-electron chi connectivity index (χ2n) is 7.57. The zero-order valence-electron chi connectivity index (χ0n) is 17.3. The number of amides is 1. The molecule has 0 aromatic rings. The Labute approximate surface area is 170 Å². The summed E-state index contributed by atoms with van der Waals surface area (Å²) >= 11 is 0. The molecule has 0 radical (unpaired) electrons. The van der Waals surface area contributed by atoms with Crippen molar-refractivity contribution in [3.8, 4) is 0 Å². The number of ether oxygens (including phenoxy) is 2. The van der Waals surface area contributed by atoms with E-state index in [1.807, 2.05) is 13.8 Å². The molecule has 1 aliphatic rings. The lowest BCUT2D eigenvalue weighted by atomic mass is 9.74. The number of hydrogen-bond donors (Lipinski definition) is 6. The summed E-state index contributed by atoms with van der Waals surface area (Å²) in [5, 5.41) is 53.6. The predicted molar refractivity (Wildman–Crippen MR) is 102 cm³/mol. The highest BCUT2D eigenvalue weighted by Gasteiger charge is 2.63. The molecule has 0 aromatic carbocycles. The van der Waals surface area contributed by atoms with E-state index in [4.69, 9.17) is 9.47 Å². The number of aliphatic hydroxyl groups excluding tert-OH is 4. The maximum atomic E-state index is 12.1. The van der Waals surface area contributed by atoms with E-state index in [0.29, 0.717) is 19.3 Å². The molecular formula is C19H35NO9. The summed E-state index contributed by atoms with van der Waals surface area (Å²) in [6.45, 7) is 4.19. The first kappa shape index (κ1) is 25.7. The van der Waals surface area contributed by atoms with Crippen LogP contribution < -0.4 is 5.32 Å². The van der Waals surface area contributed by atoms with E-state index >= 15 is 0 Å². The minimum atomic E-state index is -2.27. The first-order chi connectivity index (χ1) is 13.6. The molecule has 1 rings (SSSR count). The fraction of sp³-hybridized carbons (Fsp3) is 0.895. The van der Waals surface area contributed by atoms with Gasteiger partial charge in [0.05, 0.1) is 25.4 Å². The molecular weight excluding hydrogens is 386 g/mol. The molecule has 6 atom stereocenters. The fourth-order valence-corrected chi connectivity index (χ4v) is 3.71. The molecule has 0 bridgehead atoms. The van der Waals surface area contributed by atoms with Gasteiger partial charge in [0.2, 0.25) is 5.91 Å². The second-order valence-corrected chi connectivity index (χ2v) is 7.57. The zero-order chi connectivity index (χ0) is 22.2. The minimum Gasteiger partial charge on any atom is -0.477 e. The molecule has 6 N–H and O–H groups in total. The van der Waals surface area contributed by atoms with E-state index in [9.17, 15) is 35.1 Å². The lowest BCUT2D eigenvalue weighted by Gasteiger charge is -2.54. The number of hydrogen-bond acceptors (Lipinski definition) is 8. The third-order valence-electron chi connectivity index (χ3n) is 5.23.